The molecule has 1 heterocycles. The summed E-state index contributed by atoms with van der Waals surface area (Å²) in [7, 11) is -2.72. The molecule has 110 valence electrons. The van der Waals surface area contributed by atoms with E-state index in [0.29, 0.717) is 23.3 Å². The quantitative estimate of drug-likeness (QED) is 0.815. The van der Waals surface area contributed by atoms with Crippen molar-refractivity contribution in [3.63, 3.8) is 0 Å². The van der Waals surface area contributed by atoms with Gasteiger partial charge in [-0.1, -0.05) is 25.7 Å². The van der Waals surface area contributed by atoms with Crippen LogP contribution in [-0.4, -0.2) is 32.5 Å². The zero-order chi connectivity index (χ0) is 13.3. The van der Waals surface area contributed by atoms with Gasteiger partial charge in [-0.2, -0.15) is 0 Å². The van der Waals surface area contributed by atoms with Gasteiger partial charge in [-0.15, -0.1) is 0 Å². The molecule has 1 saturated heterocycles. The van der Waals surface area contributed by atoms with E-state index < -0.39 is 9.84 Å². The van der Waals surface area contributed by atoms with Gasteiger partial charge in [0.05, 0.1) is 11.5 Å². The zero-order valence-corrected chi connectivity index (χ0v) is 12.6. The molecule has 3 aliphatic rings. The molecule has 3 nitrogen and oxygen atoms in total. The molecule has 0 spiro atoms. The summed E-state index contributed by atoms with van der Waals surface area (Å²) in [5, 5.41) is 3.64. The van der Waals surface area contributed by atoms with Gasteiger partial charge in [-0.05, 0) is 50.0 Å². The third-order valence-corrected chi connectivity index (χ3v) is 7.08. The third-order valence-electron chi connectivity index (χ3n) is 5.29. The Hall–Kier alpha value is -0.0900. The number of hydrogen-bond acceptors (Lipinski definition) is 3. The highest BCUT2D eigenvalue weighted by atomic mass is 32.2. The largest absolute Gasteiger partial charge is 0.314 e. The second-order valence-corrected chi connectivity index (χ2v) is 9.22. The van der Waals surface area contributed by atoms with Crippen LogP contribution >= 0.6 is 0 Å². The highest BCUT2D eigenvalue weighted by molar-refractivity contribution is 7.91. The fraction of sp³-hybridized carbons (Fsp3) is 1.00. The summed E-state index contributed by atoms with van der Waals surface area (Å²) in [4.78, 5) is 0. The van der Waals surface area contributed by atoms with Crippen molar-refractivity contribution in [1.82, 2.24) is 5.32 Å². The topological polar surface area (TPSA) is 46.2 Å². The molecule has 2 aliphatic carbocycles. The molecule has 2 atom stereocenters. The summed E-state index contributed by atoms with van der Waals surface area (Å²) < 4.78 is 23.4. The standard InChI is InChI=1S/C15H27NO2S/c17-19(18)8-7-13(11-19)14(10-16-15-5-6-15)9-12-3-1-2-4-12/h12-16H,1-11H2. The van der Waals surface area contributed by atoms with Crippen molar-refractivity contribution in [3.8, 4) is 0 Å². The van der Waals surface area contributed by atoms with E-state index in [1.54, 1.807) is 0 Å². The molecule has 2 saturated carbocycles. The Morgan fingerprint density at radius 1 is 1.05 bits per heavy atom. The highest BCUT2D eigenvalue weighted by Crippen LogP contribution is 2.36. The van der Waals surface area contributed by atoms with Gasteiger partial charge in [-0.25, -0.2) is 8.42 Å². The predicted molar refractivity (Wildman–Crippen MR) is 77.9 cm³/mol. The molecule has 1 aliphatic heterocycles. The summed E-state index contributed by atoms with van der Waals surface area (Å²) in [5.74, 6) is 2.78. The molecule has 0 aromatic heterocycles. The van der Waals surface area contributed by atoms with E-state index in [1.807, 2.05) is 0 Å². The van der Waals surface area contributed by atoms with Crippen LogP contribution in [0.1, 0.15) is 51.4 Å². The summed E-state index contributed by atoms with van der Waals surface area (Å²) in [5.41, 5.74) is 0. The van der Waals surface area contributed by atoms with Gasteiger partial charge in [0.15, 0.2) is 9.84 Å². The first kappa shape index (κ1) is 13.9. The summed E-state index contributed by atoms with van der Waals surface area (Å²) in [6.45, 7) is 1.06. The molecule has 0 aromatic rings. The normalized spacial score (nSPS) is 32.7. The summed E-state index contributed by atoms with van der Waals surface area (Å²) in [6.07, 6.45) is 10.3. The van der Waals surface area contributed by atoms with Crippen LogP contribution in [0.3, 0.4) is 0 Å². The SMILES string of the molecule is O=S1(=O)CCC(C(CNC2CC2)CC2CCCC2)C1. The lowest BCUT2D eigenvalue weighted by molar-refractivity contribution is 0.276. The maximum atomic E-state index is 11.7. The highest BCUT2D eigenvalue weighted by Gasteiger charge is 2.35. The number of hydrogen-bond donors (Lipinski definition) is 1. The van der Waals surface area contributed by atoms with Crippen LogP contribution in [0.15, 0.2) is 0 Å². The Morgan fingerprint density at radius 3 is 2.37 bits per heavy atom. The van der Waals surface area contributed by atoms with Crippen molar-refractivity contribution in [2.24, 2.45) is 17.8 Å². The maximum absolute atomic E-state index is 11.7. The van der Waals surface area contributed by atoms with Crippen molar-refractivity contribution in [1.29, 1.82) is 0 Å². The van der Waals surface area contributed by atoms with Crippen LogP contribution in [0.4, 0.5) is 0 Å². The van der Waals surface area contributed by atoms with Gasteiger partial charge in [-0.3, -0.25) is 0 Å². The van der Waals surface area contributed by atoms with E-state index in [9.17, 15) is 8.42 Å². The van der Waals surface area contributed by atoms with Crippen LogP contribution < -0.4 is 5.32 Å². The van der Waals surface area contributed by atoms with Crippen LogP contribution in [-0.2, 0) is 9.84 Å². The second kappa shape index (κ2) is 5.72. The van der Waals surface area contributed by atoms with Crippen LogP contribution in [0.2, 0.25) is 0 Å². The molecule has 2 unspecified atom stereocenters. The molecule has 0 amide bonds. The monoisotopic (exact) mass is 285 g/mol. The minimum atomic E-state index is -2.72. The van der Waals surface area contributed by atoms with Gasteiger partial charge < -0.3 is 5.32 Å². The van der Waals surface area contributed by atoms with E-state index >= 15 is 0 Å². The lowest BCUT2D eigenvalue weighted by Crippen LogP contribution is -2.31. The lowest BCUT2D eigenvalue weighted by Gasteiger charge is -2.26. The Labute approximate surface area is 117 Å². The van der Waals surface area contributed by atoms with E-state index in [0.717, 1.165) is 24.9 Å². The van der Waals surface area contributed by atoms with E-state index in [2.05, 4.69) is 5.32 Å². The van der Waals surface area contributed by atoms with E-state index in [1.165, 1.54) is 44.9 Å². The fourth-order valence-corrected chi connectivity index (χ4v) is 5.84. The summed E-state index contributed by atoms with van der Waals surface area (Å²) in [6, 6.07) is 0.740. The smallest absolute Gasteiger partial charge is 0.150 e. The summed E-state index contributed by atoms with van der Waals surface area (Å²) >= 11 is 0. The molecule has 3 fully saturated rings. The average Bonchev–Trinajstić information content (AvgIpc) is 2.91. The first-order valence-electron chi connectivity index (χ1n) is 8.06. The average molecular weight is 285 g/mol. The Morgan fingerprint density at radius 2 is 1.79 bits per heavy atom. The molecular weight excluding hydrogens is 258 g/mol. The minimum Gasteiger partial charge on any atom is -0.314 e. The minimum absolute atomic E-state index is 0.428. The van der Waals surface area contributed by atoms with Crippen molar-refractivity contribution in [2.75, 3.05) is 18.1 Å². The molecule has 0 aromatic carbocycles. The molecule has 0 bridgehead atoms. The lowest BCUT2D eigenvalue weighted by atomic mass is 9.83. The van der Waals surface area contributed by atoms with Gasteiger partial charge in [0.25, 0.3) is 0 Å². The fourth-order valence-electron chi connectivity index (χ4n) is 3.92. The van der Waals surface area contributed by atoms with Crippen molar-refractivity contribution >= 4 is 9.84 Å². The second-order valence-electron chi connectivity index (χ2n) is 6.99. The first-order valence-corrected chi connectivity index (χ1v) is 9.88. The zero-order valence-electron chi connectivity index (χ0n) is 11.8. The van der Waals surface area contributed by atoms with E-state index in [-0.39, 0.29) is 0 Å². The van der Waals surface area contributed by atoms with Crippen LogP contribution in [0, 0.1) is 17.8 Å². The molecule has 19 heavy (non-hydrogen) atoms. The number of rotatable bonds is 6. The Kier molecular flexibility index (Phi) is 4.18. The Balaban J connectivity index is 1.57. The van der Waals surface area contributed by atoms with Gasteiger partial charge >= 0.3 is 0 Å². The van der Waals surface area contributed by atoms with Crippen LogP contribution in [0.25, 0.3) is 0 Å². The Bertz CT molecular complexity index is 396. The number of sulfone groups is 1. The van der Waals surface area contributed by atoms with E-state index in [4.69, 9.17) is 0 Å². The van der Waals surface area contributed by atoms with Gasteiger partial charge in [0, 0.05) is 6.04 Å². The van der Waals surface area contributed by atoms with Crippen molar-refractivity contribution < 1.29 is 8.42 Å². The molecule has 0 radical (unpaired) electrons. The molecule has 3 rings (SSSR count). The van der Waals surface area contributed by atoms with Crippen molar-refractivity contribution in [2.45, 2.75) is 57.4 Å². The van der Waals surface area contributed by atoms with Gasteiger partial charge in [0.2, 0.25) is 0 Å². The predicted octanol–water partition coefficient (Wildman–Crippen LogP) is 2.37. The molecule has 4 heteroatoms. The van der Waals surface area contributed by atoms with Gasteiger partial charge in [0.1, 0.15) is 0 Å². The molecule has 1 N–H and O–H groups in total. The number of nitrogens with one attached hydrogen (secondary N) is 1. The van der Waals surface area contributed by atoms with Crippen molar-refractivity contribution in [3.05, 3.63) is 0 Å². The maximum Gasteiger partial charge on any atom is 0.150 e. The molecular formula is C15H27NO2S. The first-order chi connectivity index (χ1) is 9.12. The third kappa shape index (κ3) is 3.94. The van der Waals surface area contributed by atoms with Crippen LogP contribution in [0.5, 0.6) is 0 Å².